The number of ether oxygens (including phenoxy) is 1. The minimum atomic E-state index is -0.212. The van der Waals surface area contributed by atoms with Crippen LogP contribution in [0.2, 0.25) is 0 Å². The molecule has 3 rings (SSSR count). The van der Waals surface area contributed by atoms with E-state index < -0.39 is 0 Å². The second-order valence-corrected chi connectivity index (χ2v) is 7.26. The molecule has 0 fully saturated rings. The van der Waals surface area contributed by atoms with Crippen LogP contribution in [-0.2, 0) is 5.41 Å². The molecule has 0 unspecified atom stereocenters. The lowest BCUT2D eigenvalue weighted by atomic mass is 9.86. The van der Waals surface area contributed by atoms with Gasteiger partial charge in [0.25, 0.3) is 11.8 Å². The molecule has 4 heteroatoms. The Balaban J connectivity index is 1.59. The van der Waals surface area contributed by atoms with E-state index in [0.717, 1.165) is 11.3 Å². The van der Waals surface area contributed by atoms with E-state index in [1.54, 1.807) is 24.3 Å². The normalized spacial score (nSPS) is 14.0. The molecule has 0 saturated carbocycles. The first-order valence-electron chi connectivity index (χ1n) is 8.57. The zero-order chi connectivity index (χ0) is 18.0. The van der Waals surface area contributed by atoms with Crippen molar-refractivity contribution < 1.29 is 14.3 Å². The first-order chi connectivity index (χ1) is 11.9. The maximum atomic E-state index is 12.3. The molecule has 0 atom stereocenters. The van der Waals surface area contributed by atoms with E-state index >= 15 is 0 Å². The number of rotatable bonds is 5. The SMILES string of the molecule is CC(C)(C)c1ccccc1OCCCN1C(=O)c2ccccc2C1=O. The lowest BCUT2D eigenvalue weighted by Gasteiger charge is -2.23. The van der Waals surface area contributed by atoms with Crippen molar-refractivity contribution >= 4 is 11.8 Å². The van der Waals surface area contributed by atoms with Crippen LogP contribution in [0.3, 0.4) is 0 Å². The summed E-state index contributed by atoms with van der Waals surface area (Å²) < 4.78 is 5.92. The Bertz CT molecular complexity index is 770. The van der Waals surface area contributed by atoms with Gasteiger partial charge in [0.05, 0.1) is 17.7 Å². The van der Waals surface area contributed by atoms with Gasteiger partial charge in [0.15, 0.2) is 0 Å². The zero-order valence-electron chi connectivity index (χ0n) is 14.9. The number of hydrogen-bond acceptors (Lipinski definition) is 3. The molecule has 2 aromatic rings. The highest BCUT2D eigenvalue weighted by molar-refractivity contribution is 6.21. The molecule has 25 heavy (non-hydrogen) atoms. The number of nitrogens with zero attached hydrogens (tertiary/aromatic N) is 1. The van der Waals surface area contributed by atoms with E-state index in [1.807, 2.05) is 18.2 Å². The molecule has 0 spiro atoms. The minimum Gasteiger partial charge on any atom is -0.493 e. The molecule has 2 amide bonds. The summed E-state index contributed by atoms with van der Waals surface area (Å²) in [4.78, 5) is 26.0. The Morgan fingerprint density at radius 3 is 2.04 bits per heavy atom. The fourth-order valence-electron chi connectivity index (χ4n) is 3.06. The first-order valence-corrected chi connectivity index (χ1v) is 8.57. The van der Waals surface area contributed by atoms with E-state index in [2.05, 4.69) is 26.8 Å². The number of benzene rings is 2. The summed E-state index contributed by atoms with van der Waals surface area (Å²) >= 11 is 0. The highest BCUT2D eigenvalue weighted by Crippen LogP contribution is 2.31. The monoisotopic (exact) mass is 337 g/mol. The summed E-state index contributed by atoms with van der Waals surface area (Å²) in [6.45, 7) is 7.26. The standard InChI is InChI=1S/C21H23NO3/c1-21(2,3)17-11-6-7-12-18(17)25-14-8-13-22-19(23)15-9-4-5-10-16(15)20(22)24/h4-7,9-12H,8,13-14H2,1-3H3. The van der Waals surface area contributed by atoms with Gasteiger partial charge >= 0.3 is 0 Å². The summed E-state index contributed by atoms with van der Waals surface area (Å²) in [7, 11) is 0. The van der Waals surface area contributed by atoms with Crippen LogP contribution in [0.25, 0.3) is 0 Å². The number of imide groups is 1. The van der Waals surface area contributed by atoms with Crippen LogP contribution in [0.5, 0.6) is 5.75 Å². The van der Waals surface area contributed by atoms with Crippen LogP contribution in [-0.4, -0.2) is 29.9 Å². The predicted octanol–water partition coefficient (Wildman–Crippen LogP) is 4.05. The smallest absolute Gasteiger partial charge is 0.261 e. The molecule has 1 heterocycles. The van der Waals surface area contributed by atoms with Crippen molar-refractivity contribution in [3.05, 3.63) is 65.2 Å². The second kappa shape index (κ2) is 6.71. The molecule has 2 aromatic carbocycles. The van der Waals surface area contributed by atoms with Gasteiger partial charge in [0.1, 0.15) is 5.75 Å². The number of carbonyl (C=O) groups excluding carboxylic acids is 2. The van der Waals surface area contributed by atoms with Gasteiger partial charge in [-0.15, -0.1) is 0 Å². The van der Waals surface area contributed by atoms with E-state index in [0.29, 0.717) is 30.7 Å². The molecule has 0 saturated heterocycles. The van der Waals surface area contributed by atoms with Gasteiger partial charge in [0, 0.05) is 6.54 Å². The average Bonchev–Trinajstić information content (AvgIpc) is 2.83. The van der Waals surface area contributed by atoms with E-state index in [1.165, 1.54) is 4.90 Å². The zero-order valence-corrected chi connectivity index (χ0v) is 14.9. The average molecular weight is 337 g/mol. The summed E-state index contributed by atoms with van der Waals surface area (Å²) in [6, 6.07) is 14.9. The van der Waals surface area contributed by atoms with Crippen LogP contribution < -0.4 is 4.74 Å². The maximum Gasteiger partial charge on any atom is 0.261 e. The highest BCUT2D eigenvalue weighted by Gasteiger charge is 2.34. The third-order valence-electron chi connectivity index (χ3n) is 4.36. The molecule has 0 N–H and O–H groups in total. The van der Waals surface area contributed by atoms with Gasteiger partial charge in [-0.05, 0) is 35.6 Å². The van der Waals surface area contributed by atoms with Gasteiger partial charge < -0.3 is 4.74 Å². The molecule has 1 aliphatic rings. The molecule has 4 nitrogen and oxygen atoms in total. The molecular weight excluding hydrogens is 314 g/mol. The lowest BCUT2D eigenvalue weighted by molar-refractivity contribution is 0.0646. The topological polar surface area (TPSA) is 46.6 Å². The van der Waals surface area contributed by atoms with Crippen LogP contribution in [0.1, 0.15) is 53.5 Å². The largest absolute Gasteiger partial charge is 0.493 e. The van der Waals surface area contributed by atoms with Crippen molar-refractivity contribution in [2.45, 2.75) is 32.6 Å². The minimum absolute atomic E-state index is 0.000871. The maximum absolute atomic E-state index is 12.3. The molecule has 1 aliphatic heterocycles. The van der Waals surface area contributed by atoms with Gasteiger partial charge in [0.2, 0.25) is 0 Å². The molecular formula is C21H23NO3. The van der Waals surface area contributed by atoms with Gasteiger partial charge in [-0.2, -0.15) is 0 Å². The summed E-state index contributed by atoms with van der Waals surface area (Å²) in [5, 5.41) is 0. The van der Waals surface area contributed by atoms with Crippen molar-refractivity contribution in [1.82, 2.24) is 4.90 Å². The molecule has 130 valence electrons. The Kier molecular flexibility index (Phi) is 4.62. The molecule has 0 aliphatic carbocycles. The van der Waals surface area contributed by atoms with Crippen molar-refractivity contribution in [3.63, 3.8) is 0 Å². The predicted molar refractivity (Wildman–Crippen MR) is 97.1 cm³/mol. The van der Waals surface area contributed by atoms with Gasteiger partial charge in [-0.1, -0.05) is 51.1 Å². The number of carbonyl (C=O) groups is 2. The first kappa shape index (κ1) is 17.2. The lowest BCUT2D eigenvalue weighted by Crippen LogP contribution is -2.31. The van der Waals surface area contributed by atoms with E-state index in [4.69, 9.17) is 4.74 Å². The number of para-hydroxylation sites is 1. The fraction of sp³-hybridized carbons (Fsp3) is 0.333. The van der Waals surface area contributed by atoms with Crippen molar-refractivity contribution in [1.29, 1.82) is 0 Å². The van der Waals surface area contributed by atoms with Gasteiger partial charge in [-0.3, -0.25) is 14.5 Å². The molecule has 0 bridgehead atoms. The van der Waals surface area contributed by atoms with Crippen LogP contribution >= 0.6 is 0 Å². The van der Waals surface area contributed by atoms with Crippen LogP contribution in [0.4, 0.5) is 0 Å². The number of amides is 2. The van der Waals surface area contributed by atoms with Crippen molar-refractivity contribution in [2.75, 3.05) is 13.2 Å². The summed E-state index contributed by atoms with van der Waals surface area (Å²) in [5.74, 6) is 0.434. The van der Waals surface area contributed by atoms with Crippen molar-refractivity contribution in [3.8, 4) is 5.75 Å². The molecule has 0 aromatic heterocycles. The van der Waals surface area contributed by atoms with E-state index in [-0.39, 0.29) is 17.2 Å². The third-order valence-corrected chi connectivity index (χ3v) is 4.36. The summed E-state index contributed by atoms with van der Waals surface area (Å²) in [5.41, 5.74) is 2.13. The second-order valence-electron chi connectivity index (χ2n) is 7.26. The molecule has 0 radical (unpaired) electrons. The number of hydrogen-bond donors (Lipinski definition) is 0. The highest BCUT2D eigenvalue weighted by atomic mass is 16.5. The summed E-state index contributed by atoms with van der Waals surface area (Å²) in [6.07, 6.45) is 0.601. The Labute approximate surface area is 148 Å². The fourth-order valence-corrected chi connectivity index (χ4v) is 3.06. The third kappa shape index (κ3) is 3.43. The quantitative estimate of drug-likeness (QED) is 0.611. The Morgan fingerprint density at radius 2 is 1.44 bits per heavy atom. The number of fused-ring (bicyclic) bond motifs is 1. The van der Waals surface area contributed by atoms with Crippen LogP contribution in [0, 0.1) is 0 Å². The van der Waals surface area contributed by atoms with Crippen molar-refractivity contribution in [2.24, 2.45) is 0 Å². The Morgan fingerprint density at radius 1 is 0.880 bits per heavy atom. The Hall–Kier alpha value is -2.62. The van der Waals surface area contributed by atoms with Crippen LogP contribution in [0.15, 0.2) is 48.5 Å². The van der Waals surface area contributed by atoms with E-state index in [9.17, 15) is 9.59 Å². The van der Waals surface area contributed by atoms with Gasteiger partial charge in [-0.25, -0.2) is 0 Å².